The van der Waals surface area contributed by atoms with Gasteiger partial charge in [0.1, 0.15) is 0 Å². The van der Waals surface area contributed by atoms with Crippen LogP contribution in [0.3, 0.4) is 0 Å². The van der Waals surface area contributed by atoms with E-state index in [1.807, 2.05) is 0 Å². The van der Waals surface area contributed by atoms with E-state index in [2.05, 4.69) is 10.6 Å². The van der Waals surface area contributed by atoms with Gasteiger partial charge >= 0.3 is 0 Å². The molecule has 2 amide bonds. The van der Waals surface area contributed by atoms with Gasteiger partial charge in [-0.3, -0.25) is 9.59 Å². The lowest BCUT2D eigenvalue weighted by Gasteiger charge is -2.11. The first-order valence-corrected chi connectivity index (χ1v) is 10.7. The van der Waals surface area contributed by atoms with E-state index < -0.39 is 6.10 Å². The number of aliphatic hydroxyl groups is 1. The predicted octanol–water partition coefficient (Wildman–Crippen LogP) is 2.22. The van der Waals surface area contributed by atoms with Crippen LogP contribution in [0.15, 0.2) is 48.6 Å². The molecule has 0 fully saturated rings. The van der Waals surface area contributed by atoms with Crippen molar-refractivity contribution in [3.63, 3.8) is 0 Å². The van der Waals surface area contributed by atoms with E-state index in [1.54, 1.807) is 36.4 Å². The Morgan fingerprint density at radius 1 is 0.824 bits per heavy atom. The lowest BCUT2D eigenvalue weighted by molar-refractivity contribution is -0.117. The summed E-state index contributed by atoms with van der Waals surface area (Å²) in [5.41, 5.74) is 1.39. The van der Waals surface area contributed by atoms with Crippen molar-refractivity contribution in [2.45, 2.75) is 18.9 Å². The highest BCUT2D eigenvalue weighted by Crippen LogP contribution is 2.27. The van der Waals surface area contributed by atoms with Crippen molar-refractivity contribution in [1.29, 1.82) is 0 Å². The lowest BCUT2D eigenvalue weighted by Crippen LogP contribution is -2.28. The summed E-state index contributed by atoms with van der Waals surface area (Å²) >= 11 is 0. The Morgan fingerprint density at radius 3 is 1.62 bits per heavy atom. The van der Waals surface area contributed by atoms with Crippen molar-refractivity contribution in [1.82, 2.24) is 10.6 Å². The molecule has 0 atom stereocenters. The van der Waals surface area contributed by atoms with Gasteiger partial charge in [0.15, 0.2) is 23.0 Å². The van der Waals surface area contributed by atoms with E-state index in [1.165, 1.54) is 38.5 Å². The minimum atomic E-state index is -0.684. The minimum absolute atomic E-state index is 0.0170. The molecule has 0 bridgehead atoms. The highest BCUT2D eigenvalue weighted by Gasteiger charge is 2.06. The number of amides is 2. The zero-order chi connectivity index (χ0) is 24.9. The van der Waals surface area contributed by atoms with E-state index in [0.29, 0.717) is 35.5 Å². The molecule has 0 aliphatic heterocycles. The molecule has 0 aliphatic carbocycles. The van der Waals surface area contributed by atoms with Crippen LogP contribution in [-0.2, 0) is 9.59 Å². The number of aromatic hydroxyl groups is 2. The van der Waals surface area contributed by atoms with Crippen LogP contribution in [0.4, 0.5) is 0 Å². The van der Waals surface area contributed by atoms with Crippen LogP contribution in [-0.4, -0.2) is 60.5 Å². The quantitative estimate of drug-likeness (QED) is 0.300. The van der Waals surface area contributed by atoms with Gasteiger partial charge in [-0.05, 0) is 60.4 Å². The number of aliphatic hydroxyl groups excluding tert-OH is 1. The second-order valence-electron chi connectivity index (χ2n) is 7.34. The Kier molecular flexibility index (Phi) is 10.5. The molecule has 2 aromatic rings. The van der Waals surface area contributed by atoms with Crippen molar-refractivity contribution in [2.75, 3.05) is 27.3 Å². The molecule has 9 heteroatoms. The Morgan fingerprint density at radius 2 is 1.24 bits per heavy atom. The maximum absolute atomic E-state index is 11.9. The number of phenols is 2. The van der Waals surface area contributed by atoms with Crippen LogP contribution >= 0.6 is 0 Å². The molecule has 2 aromatic carbocycles. The first-order chi connectivity index (χ1) is 16.3. The number of carbonyl (C=O) groups excluding carboxylic acids is 2. The van der Waals surface area contributed by atoms with Gasteiger partial charge in [-0.25, -0.2) is 0 Å². The minimum Gasteiger partial charge on any atom is -0.504 e. The molecular weight excluding hydrogens is 440 g/mol. The van der Waals surface area contributed by atoms with Crippen molar-refractivity contribution in [3.05, 3.63) is 59.7 Å². The number of carbonyl (C=O) groups is 2. The molecule has 0 heterocycles. The van der Waals surface area contributed by atoms with Gasteiger partial charge in [-0.15, -0.1) is 0 Å². The van der Waals surface area contributed by atoms with Gasteiger partial charge in [-0.1, -0.05) is 12.1 Å². The molecular formula is C25H30N2O7. The normalized spacial score (nSPS) is 11.2. The molecule has 0 saturated heterocycles. The molecule has 9 nitrogen and oxygen atoms in total. The monoisotopic (exact) mass is 470 g/mol. The molecule has 0 aromatic heterocycles. The zero-order valence-electron chi connectivity index (χ0n) is 19.2. The van der Waals surface area contributed by atoms with Crippen molar-refractivity contribution in [3.8, 4) is 23.0 Å². The molecule has 0 aliphatic rings. The Balaban J connectivity index is 1.65. The van der Waals surface area contributed by atoms with E-state index in [-0.39, 0.29) is 36.4 Å². The van der Waals surface area contributed by atoms with Crippen LogP contribution in [0.25, 0.3) is 12.2 Å². The van der Waals surface area contributed by atoms with Crippen molar-refractivity contribution >= 4 is 24.0 Å². The number of phenolic OH excluding ortho intramolecular Hbond substituents is 2. The van der Waals surface area contributed by atoms with Gasteiger partial charge in [-0.2, -0.15) is 0 Å². The van der Waals surface area contributed by atoms with Crippen molar-refractivity contribution in [2.24, 2.45) is 0 Å². The number of ether oxygens (including phenoxy) is 2. The summed E-state index contributed by atoms with van der Waals surface area (Å²) in [4.78, 5) is 23.8. The standard InChI is InChI=1S/C25H30N2O7/c1-33-22-15-17(3-7-20(22)29)5-9-24(31)26-13-11-19(28)12-14-27-25(32)10-6-18-4-8-21(30)23(16-18)34-2/h3-10,15-16,19,28-30H,11-14H2,1-2H3,(H,26,31)(H,27,32)/b9-5+,10-6+. The SMILES string of the molecule is COc1cc(/C=C/C(=O)NCCC(O)CCNC(=O)/C=C/c2ccc(O)c(OC)c2)ccc1O. The van der Waals surface area contributed by atoms with Crippen LogP contribution < -0.4 is 20.1 Å². The fourth-order valence-electron chi connectivity index (χ4n) is 2.93. The highest BCUT2D eigenvalue weighted by molar-refractivity contribution is 5.92. The number of nitrogens with one attached hydrogen (secondary N) is 2. The maximum atomic E-state index is 11.9. The van der Waals surface area contributed by atoms with Gasteiger partial charge in [0.05, 0.1) is 20.3 Å². The fraction of sp³-hybridized carbons (Fsp3) is 0.280. The second-order valence-corrected chi connectivity index (χ2v) is 7.34. The van der Waals surface area contributed by atoms with E-state index in [9.17, 15) is 24.9 Å². The van der Waals surface area contributed by atoms with Crippen molar-refractivity contribution < 1.29 is 34.4 Å². The zero-order valence-corrected chi connectivity index (χ0v) is 19.2. The molecule has 34 heavy (non-hydrogen) atoms. The predicted molar refractivity (Wildman–Crippen MR) is 129 cm³/mol. The largest absolute Gasteiger partial charge is 0.504 e. The number of rotatable bonds is 12. The summed E-state index contributed by atoms with van der Waals surface area (Å²) in [6, 6.07) is 9.46. The number of methoxy groups -OCH3 is 2. The van der Waals surface area contributed by atoms with Gasteiger partial charge in [0, 0.05) is 25.2 Å². The maximum Gasteiger partial charge on any atom is 0.244 e. The fourth-order valence-corrected chi connectivity index (χ4v) is 2.93. The van der Waals surface area contributed by atoms with Gasteiger partial charge in [0.25, 0.3) is 0 Å². The summed E-state index contributed by atoms with van der Waals surface area (Å²) in [7, 11) is 2.89. The highest BCUT2D eigenvalue weighted by atomic mass is 16.5. The third-order valence-electron chi connectivity index (χ3n) is 4.82. The average molecular weight is 471 g/mol. The molecule has 5 N–H and O–H groups in total. The number of hydrogen-bond donors (Lipinski definition) is 5. The summed E-state index contributed by atoms with van der Waals surface area (Å²) < 4.78 is 10.0. The Bertz CT molecular complexity index is 952. The summed E-state index contributed by atoms with van der Waals surface area (Å²) in [5.74, 6) is 0.0291. The Hall–Kier alpha value is -3.98. The van der Waals surface area contributed by atoms with E-state index in [4.69, 9.17) is 9.47 Å². The summed E-state index contributed by atoms with van der Waals surface area (Å²) in [6.45, 7) is 0.555. The number of hydrogen-bond acceptors (Lipinski definition) is 7. The van der Waals surface area contributed by atoms with E-state index in [0.717, 1.165) is 0 Å². The van der Waals surface area contributed by atoms with Gasteiger partial charge in [0.2, 0.25) is 11.8 Å². The summed E-state index contributed by atoms with van der Waals surface area (Å²) in [5, 5.41) is 34.6. The number of benzene rings is 2. The third kappa shape index (κ3) is 8.87. The van der Waals surface area contributed by atoms with Crippen LogP contribution in [0.1, 0.15) is 24.0 Å². The van der Waals surface area contributed by atoms with E-state index >= 15 is 0 Å². The average Bonchev–Trinajstić information content (AvgIpc) is 2.83. The molecule has 0 spiro atoms. The first-order valence-electron chi connectivity index (χ1n) is 10.7. The summed E-state index contributed by atoms with van der Waals surface area (Å²) in [6.07, 6.45) is 5.88. The first kappa shape index (κ1) is 26.3. The lowest BCUT2D eigenvalue weighted by atomic mass is 10.1. The second kappa shape index (κ2) is 13.5. The van der Waals surface area contributed by atoms with Crippen LogP contribution in [0, 0.1) is 0 Å². The van der Waals surface area contributed by atoms with Crippen LogP contribution in [0.5, 0.6) is 23.0 Å². The molecule has 182 valence electrons. The van der Waals surface area contributed by atoms with Gasteiger partial charge < -0.3 is 35.4 Å². The Labute approximate surface area is 198 Å². The van der Waals surface area contributed by atoms with Crippen LogP contribution in [0.2, 0.25) is 0 Å². The molecule has 0 radical (unpaired) electrons. The smallest absolute Gasteiger partial charge is 0.244 e. The molecule has 2 rings (SSSR count). The molecule has 0 unspecified atom stereocenters. The molecule has 0 saturated carbocycles. The third-order valence-corrected chi connectivity index (χ3v) is 4.82. The topological polar surface area (TPSA) is 137 Å².